The minimum Gasteiger partial charge on any atom is -0.508 e. The van der Waals surface area contributed by atoms with Gasteiger partial charge in [0.2, 0.25) is 0 Å². The van der Waals surface area contributed by atoms with Crippen molar-refractivity contribution in [3.8, 4) is 5.75 Å². The van der Waals surface area contributed by atoms with Crippen molar-refractivity contribution in [2.24, 2.45) is 0 Å². The van der Waals surface area contributed by atoms with Crippen LogP contribution in [0.5, 0.6) is 5.75 Å². The molecule has 0 spiro atoms. The zero-order valence-electron chi connectivity index (χ0n) is 10.3. The molecule has 0 aliphatic carbocycles. The Bertz CT molecular complexity index is 577. The molecule has 0 saturated carbocycles. The largest absolute Gasteiger partial charge is 0.508 e. The van der Waals surface area contributed by atoms with Crippen LogP contribution < -0.4 is 10.9 Å². The molecule has 1 amide bonds. The second kappa shape index (κ2) is 5.73. The average Bonchev–Trinajstić information content (AvgIpc) is 2.46. The molecule has 0 radical (unpaired) electrons. The molecular formula is C15H14N2O2. The first kappa shape index (κ1) is 12.7. The van der Waals surface area contributed by atoms with Crippen molar-refractivity contribution >= 4 is 11.6 Å². The molecule has 2 aromatic carbocycles. The summed E-state index contributed by atoms with van der Waals surface area (Å²) in [5.41, 5.74) is 7.25. The SMILES string of the molecule is C=C(NNC(=O)c1ccc(O)cc1)c1ccccc1. The highest BCUT2D eigenvalue weighted by molar-refractivity contribution is 5.94. The van der Waals surface area contributed by atoms with E-state index in [-0.39, 0.29) is 11.7 Å². The second-order valence-electron chi connectivity index (χ2n) is 3.97. The Morgan fingerprint density at radius 1 is 0.895 bits per heavy atom. The van der Waals surface area contributed by atoms with Crippen molar-refractivity contribution in [2.45, 2.75) is 0 Å². The lowest BCUT2D eigenvalue weighted by Crippen LogP contribution is -2.35. The van der Waals surface area contributed by atoms with E-state index in [2.05, 4.69) is 17.4 Å². The predicted molar refractivity (Wildman–Crippen MR) is 74.2 cm³/mol. The fraction of sp³-hybridized carbons (Fsp3) is 0. The molecule has 4 heteroatoms. The van der Waals surface area contributed by atoms with Crippen LogP contribution in [0.1, 0.15) is 15.9 Å². The highest BCUT2D eigenvalue weighted by atomic mass is 16.3. The normalized spacial score (nSPS) is 9.68. The molecule has 0 aromatic heterocycles. The summed E-state index contributed by atoms with van der Waals surface area (Å²) < 4.78 is 0. The number of nitrogens with one attached hydrogen (secondary N) is 2. The van der Waals surface area contributed by atoms with Crippen molar-refractivity contribution in [1.29, 1.82) is 0 Å². The van der Waals surface area contributed by atoms with E-state index in [1.807, 2.05) is 30.3 Å². The first-order valence-corrected chi connectivity index (χ1v) is 5.76. The summed E-state index contributed by atoms with van der Waals surface area (Å²) in [6, 6.07) is 15.5. The molecule has 0 heterocycles. The topological polar surface area (TPSA) is 61.4 Å². The lowest BCUT2D eigenvalue weighted by Gasteiger charge is -2.11. The van der Waals surface area contributed by atoms with Gasteiger partial charge in [0.05, 0.1) is 5.70 Å². The Morgan fingerprint density at radius 2 is 1.53 bits per heavy atom. The Balaban J connectivity index is 1.94. The van der Waals surface area contributed by atoms with E-state index in [9.17, 15) is 4.79 Å². The van der Waals surface area contributed by atoms with Crippen LogP contribution in [0.15, 0.2) is 61.2 Å². The van der Waals surface area contributed by atoms with Crippen LogP contribution in [0.4, 0.5) is 0 Å². The van der Waals surface area contributed by atoms with Crippen LogP contribution in [-0.4, -0.2) is 11.0 Å². The highest BCUT2D eigenvalue weighted by Gasteiger charge is 2.05. The lowest BCUT2D eigenvalue weighted by molar-refractivity contribution is 0.0942. The van der Waals surface area contributed by atoms with Crippen LogP contribution in [0, 0.1) is 0 Å². The van der Waals surface area contributed by atoms with Crippen LogP contribution >= 0.6 is 0 Å². The van der Waals surface area contributed by atoms with Crippen molar-refractivity contribution in [2.75, 3.05) is 0 Å². The maximum Gasteiger partial charge on any atom is 0.269 e. The Morgan fingerprint density at radius 3 is 2.16 bits per heavy atom. The number of phenolic OH excluding ortho intramolecular Hbond substituents is 1. The number of amides is 1. The zero-order chi connectivity index (χ0) is 13.7. The van der Waals surface area contributed by atoms with Crippen LogP contribution in [-0.2, 0) is 0 Å². The van der Waals surface area contributed by atoms with Crippen molar-refractivity contribution in [1.82, 2.24) is 10.9 Å². The molecule has 0 saturated heterocycles. The van der Waals surface area contributed by atoms with Gasteiger partial charge in [-0.05, 0) is 29.8 Å². The summed E-state index contributed by atoms with van der Waals surface area (Å²) in [5, 5.41) is 9.14. The van der Waals surface area contributed by atoms with E-state index < -0.39 is 0 Å². The standard InChI is InChI=1S/C15H14N2O2/c1-11(12-5-3-2-4-6-12)16-17-15(19)13-7-9-14(18)10-8-13/h2-10,16,18H,1H2,(H,17,19). The van der Waals surface area contributed by atoms with E-state index in [1.54, 1.807) is 0 Å². The first-order valence-electron chi connectivity index (χ1n) is 5.76. The number of hydrogen-bond donors (Lipinski definition) is 3. The number of rotatable bonds is 4. The number of carbonyl (C=O) groups excluding carboxylic acids is 1. The third-order valence-corrected chi connectivity index (χ3v) is 2.58. The lowest BCUT2D eigenvalue weighted by atomic mass is 10.2. The van der Waals surface area contributed by atoms with Gasteiger partial charge in [-0.1, -0.05) is 36.9 Å². The predicted octanol–water partition coefficient (Wildman–Crippen LogP) is 2.30. The molecule has 0 aliphatic heterocycles. The minimum atomic E-state index is -0.294. The number of hydrogen-bond acceptors (Lipinski definition) is 3. The number of phenols is 1. The molecule has 0 bridgehead atoms. The summed E-state index contributed by atoms with van der Waals surface area (Å²) >= 11 is 0. The molecule has 4 nitrogen and oxygen atoms in total. The van der Waals surface area contributed by atoms with Crippen molar-refractivity contribution < 1.29 is 9.90 Å². The quantitative estimate of drug-likeness (QED) is 0.734. The Kier molecular flexibility index (Phi) is 3.83. The molecule has 19 heavy (non-hydrogen) atoms. The van der Waals surface area contributed by atoms with Gasteiger partial charge in [0.15, 0.2) is 0 Å². The van der Waals surface area contributed by atoms with E-state index in [4.69, 9.17) is 5.11 Å². The Hall–Kier alpha value is -2.75. The summed E-state index contributed by atoms with van der Waals surface area (Å²) in [6.07, 6.45) is 0. The second-order valence-corrected chi connectivity index (χ2v) is 3.97. The van der Waals surface area contributed by atoms with E-state index in [0.717, 1.165) is 5.56 Å². The fourth-order valence-corrected chi connectivity index (χ4v) is 1.53. The molecule has 96 valence electrons. The van der Waals surface area contributed by atoms with E-state index in [1.165, 1.54) is 24.3 Å². The minimum absolute atomic E-state index is 0.123. The van der Waals surface area contributed by atoms with Gasteiger partial charge >= 0.3 is 0 Å². The molecule has 0 atom stereocenters. The molecule has 0 fully saturated rings. The third-order valence-electron chi connectivity index (χ3n) is 2.58. The van der Waals surface area contributed by atoms with Gasteiger partial charge in [-0.15, -0.1) is 0 Å². The van der Waals surface area contributed by atoms with Gasteiger partial charge in [-0.2, -0.15) is 0 Å². The molecule has 0 aliphatic rings. The van der Waals surface area contributed by atoms with Crippen LogP contribution in [0.2, 0.25) is 0 Å². The first-order chi connectivity index (χ1) is 9.16. The summed E-state index contributed by atoms with van der Waals surface area (Å²) in [6.45, 7) is 3.84. The van der Waals surface area contributed by atoms with Gasteiger partial charge in [0, 0.05) is 5.56 Å². The number of aromatic hydroxyl groups is 1. The number of benzene rings is 2. The summed E-state index contributed by atoms with van der Waals surface area (Å²) in [5.74, 6) is -0.171. The van der Waals surface area contributed by atoms with Gasteiger partial charge < -0.3 is 5.11 Å². The smallest absolute Gasteiger partial charge is 0.269 e. The highest BCUT2D eigenvalue weighted by Crippen LogP contribution is 2.10. The monoisotopic (exact) mass is 254 g/mol. The Labute approximate surface area is 111 Å². The van der Waals surface area contributed by atoms with Crippen molar-refractivity contribution in [3.05, 3.63) is 72.3 Å². The summed E-state index contributed by atoms with van der Waals surface area (Å²) in [4.78, 5) is 11.8. The van der Waals surface area contributed by atoms with Crippen molar-refractivity contribution in [3.63, 3.8) is 0 Å². The number of hydrazine groups is 1. The van der Waals surface area contributed by atoms with Gasteiger partial charge in [0.1, 0.15) is 5.75 Å². The van der Waals surface area contributed by atoms with E-state index >= 15 is 0 Å². The van der Waals surface area contributed by atoms with Gasteiger partial charge in [-0.3, -0.25) is 15.6 Å². The van der Waals surface area contributed by atoms with Gasteiger partial charge in [0.25, 0.3) is 5.91 Å². The molecule has 2 aromatic rings. The van der Waals surface area contributed by atoms with Gasteiger partial charge in [-0.25, -0.2) is 0 Å². The van der Waals surface area contributed by atoms with E-state index in [0.29, 0.717) is 11.3 Å². The third kappa shape index (κ3) is 3.35. The maximum atomic E-state index is 11.8. The van der Waals surface area contributed by atoms with Crippen LogP contribution in [0.3, 0.4) is 0 Å². The molecular weight excluding hydrogens is 240 g/mol. The molecule has 0 unspecified atom stereocenters. The maximum absolute atomic E-state index is 11.8. The summed E-state index contributed by atoms with van der Waals surface area (Å²) in [7, 11) is 0. The zero-order valence-corrected chi connectivity index (χ0v) is 10.3. The van der Waals surface area contributed by atoms with Crippen LogP contribution in [0.25, 0.3) is 5.70 Å². The fourth-order valence-electron chi connectivity index (χ4n) is 1.53. The number of carbonyl (C=O) groups is 1. The molecule has 2 rings (SSSR count). The molecule has 3 N–H and O–H groups in total. The average molecular weight is 254 g/mol.